The Hall–Kier alpha value is -0.800. The van der Waals surface area contributed by atoms with Crippen LogP contribution in [0.25, 0.3) is 0 Å². The molecule has 17 heavy (non-hydrogen) atoms. The molecule has 1 heterocycles. The first-order valence-corrected chi connectivity index (χ1v) is 6.71. The van der Waals surface area contributed by atoms with Crippen molar-refractivity contribution in [1.82, 2.24) is 10.2 Å². The molecule has 0 aliphatic heterocycles. The fourth-order valence-corrected chi connectivity index (χ4v) is 2.32. The fourth-order valence-electron chi connectivity index (χ4n) is 2.32. The molecule has 1 aromatic rings. The predicted octanol–water partition coefficient (Wildman–Crippen LogP) is 2.80. The first kappa shape index (κ1) is 12.7. The number of nitrogens with one attached hydrogen (secondary N) is 1. The molecule has 1 fully saturated rings. The lowest BCUT2D eigenvalue weighted by Crippen LogP contribution is -2.39. The van der Waals surface area contributed by atoms with Gasteiger partial charge < -0.3 is 9.73 Å². The van der Waals surface area contributed by atoms with Crippen LogP contribution in [-0.2, 0) is 0 Å². The second-order valence-corrected chi connectivity index (χ2v) is 5.25. The van der Waals surface area contributed by atoms with Crippen molar-refractivity contribution in [2.24, 2.45) is 0 Å². The van der Waals surface area contributed by atoms with Crippen molar-refractivity contribution >= 4 is 0 Å². The minimum absolute atomic E-state index is 0.304. The summed E-state index contributed by atoms with van der Waals surface area (Å²) in [6.07, 6.45) is 4.50. The van der Waals surface area contributed by atoms with Gasteiger partial charge in [0.05, 0.1) is 12.3 Å². The summed E-state index contributed by atoms with van der Waals surface area (Å²) < 4.78 is 5.38. The molecule has 0 aromatic carbocycles. The summed E-state index contributed by atoms with van der Waals surface area (Å²) in [5.41, 5.74) is 0. The Morgan fingerprint density at radius 1 is 1.41 bits per heavy atom. The average molecular weight is 236 g/mol. The van der Waals surface area contributed by atoms with Crippen molar-refractivity contribution < 1.29 is 4.42 Å². The van der Waals surface area contributed by atoms with E-state index in [2.05, 4.69) is 31.0 Å². The van der Waals surface area contributed by atoms with Gasteiger partial charge in [-0.2, -0.15) is 0 Å². The average Bonchev–Trinajstić information content (AvgIpc) is 2.96. The quantitative estimate of drug-likeness (QED) is 0.789. The van der Waals surface area contributed by atoms with E-state index in [0.717, 1.165) is 24.9 Å². The van der Waals surface area contributed by atoms with Gasteiger partial charge in [0.2, 0.25) is 0 Å². The molecule has 1 aromatic heterocycles. The SMILES string of the molecule is CC(C)N(CCN[C@H](C)c1ccco1)C1CC1. The van der Waals surface area contributed by atoms with E-state index < -0.39 is 0 Å². The molecule has 0 unspecified atom stereocenters. The van der Waals surface area contributed by atoms with Crippen molar-refractivity contribution in [3.05, 3.63) is 24.2 Å². The highest BCUT2D eigenvalue weighted by Crippen LogP contribution is 2.28. The summed E-state index contributed by atoms with van der Waals surface area (Å²) in [5, 5.41) is 3.52. The van der Waals surface area contributed by atoms with Crippen LogP contribution in [-0.4, -0.2) is 30.1 Å². The van der Waals surface area contributed by atoms with Gasteiger partial charge in [0, 0.05) is 25.2 Å². The van der Waals surface area contributed by atoms with Crippen LogP contribution in [0.3, 0.4) is 0 Å². The number of rotatable bonds is 7. The van der Waals surface area contributed by atoms with Crippen LogP contribution < -0.4 is 5.32 Å². The maximum Gasteiger partial charge on any atom is 0.120 e. The maximum absolute atomic E-state index is 5.38. The van der Waals surface area contributed by atoms with E-state index in [1.54, 1.807) is 6.26 Å². The zero-order chi connectivity index (χ0) is 12.3. The third-order valence-electron chi connectivity index (χ3n) is 3.47. The molecule has 1 atom stereocenters. The minimum Gasteiger partial charge on any atom is -0.468 e. The molecular weight excluding hydrogens is 212 g/mol. The van der Waals surface area contributed by atoms with Crippen LogP contribution in [0.2, 0.25) is 0 Å². The molecule has 1 saturated carbocycles. The highest BCUT2D eigenvalue weighted by atomic mass is 16.3. The highest BCUT2D eigenvalue weighted by molar-refractivity contribution is 5.02. The largest absolute Gasteiger partial charge is 0.468 e. The summed E-state index contributed by atoms with van der Waals surface area (Å²) in [7, 11) is 0. The Bertz CT molecular complexity index is 315. The molecule has 96 valence electrons. The molecule has 1 aliphatic rings. The molecule has 3 heteroatoms. The van der Waals surface area contributed by atoms with Crippen LogP contribution in [0.4, 0.5) is 0 Å². The Kier molecular flexibility index (Phi) is 4.24. The van der Waals surface area contributed by atoms with Crippen LogP contribution in [0, 0.1) is 0 Å². The Labute approximate surface area is 104 Å². The number of hydrogen-bond acceptors (Lipinski definition) is 3. The summed E-state index contributed by atoms with van der Waals surface area (Å²) in [4.78, 5) is 2.60. The van der Waals surface area contributed by atoms with Gasteiger partial charge in [-0.3, -0.25) is 4.90 Å². The predicted molar refractivity (Wildman–Crippen MR) is 70.0 cm³/mol. The number of furan rings is 1. The second kappa shape index (κ2) is 5.69. The molecule has 0 bridgehead atoms. The summed E-state index contributed by atoms with van der Waals surface area (Å²) in [5.74, 6) is 1.02. The molecule has 2 rings (SSSR count). The first-order chi connectivity index (χ1) is 8.18. The monoisotopic (exact) mass is 236 g/mol. The van der Waals surface area contributed by atoms with Gasteiger partial charge in [-0.25, -0.2) is 0 Å². The molecule has 0 saturated heterocycles. The molecule has 0 spiro atoms. The lowest BCUT2D eigenvalue weighted by atomic mass is 10.2. The van der Waals surface area contributed by atoms with Crippen LogP contribution >= 0.6 is 0 Å². The standard InChI is InChI=1S/C14H24N2O/c1-11(2)16(13-6-7-13)9-8-15-12(3)14-5-4-10-17-14/h4-5,10-13,15H,6-9H2,1-3H3/t12-/m1/s1. The topological polar surface area (TPSA) is 28.4 Å². The summed E-state index contributed by atoms with van der Waals surface area (Å²) in [6, 6.07) is 5.77. The van der Waals surface area contributed by atoms with E-state index in [1.165, 1.54) is 12.8 Å². The van der Waals surface area contributed by atoms with Crippen molar-refractivity contribution in [3.8, 4) is 0 Å². The minimum atomic E-state index is 0.304. The van der Waals surface area contributed by atoms with Crippen LogP contribution in [0.15, 0.2) is 22.8 Å². The smallest absolute Gasteiger partial charge is 0.120 e. The number of hydrogen-bond donors (Lipinski definition) is 1. The Balaban J connectivity index is 1.71. The zero-order valence-electron chi connectivity index (χ0n) is 11.1. The highest BCUT2D eigenvalue weighted by Gasteiger charge is 2.30. The number of nitrogens with zero attached hydrogens (tertiary/aromatic N) is 1. The van der Waals surface area contributed by atoms with E-state index in [4.69, 9.17) is 4.42 Å². The fraction of sp³-hybridized carbons (Fsp3) is 0.714. The Morgan fingerprint density at radius 2 is 2.18 bits per heavy atom. The summed E-state index contributed by atoms with van der Waals surface area (Å²) >= 11 is 0. The molecule has 0 amide bonds. The van der Waals surface area contributed by atoms with Gasteiger partial charge in [0.25, 0.3) is 0 Å². The third-order valence-corrected chi connectivity index (χ3v) is 3.47. The van der Waals surface area contributed by atoms with Crippen LogP contribution in [0.1, 0.15) is 45.4 Å². The molecule has 0 radical (unpaired) electrons. The second-order valence-electron chi connectivity index (χ2n) is 5.25. The first-order valence-electron chi connectivity index (χ1n) is 6.71. The van der Waals surface area contributed by atoms with Crippen molar-refractivity contribution in [1.29, 1.82) is 0 Å². The van der Waals surface area contributed by atoms with E-state index in [0.29, 0.717) is 12.1 Å². The molecular formula is C14H24N2O. The van der Waals surface area contributed by atoms with Gasteiger partial charge in [-0.15, -0.1) is 0 Å². The van der Waals surface area contributed by atoms with E-state index in [-0.39, 0.29) is 0 Å². The maximum atomic E-state index is 5.38. The van der Waals surface area contributed by atoms with Crippen molar-refractivity contribution in [3.63, 3.8) is 0 Å². The van der Waals surface area contributed by atoms with Crippen molar-refractivity contribution in [2.75, 3.05) is 13.1 Å². The summed E-state index contributed by atoms with van der Waals surface area (Å²) in [6.45, 7) is 8.88. The van der Waals surface area contributed by atoms with Crippen LogP contribution in [0.5, 0.6) is 0 Å². The molecule has 3 nitrogen and oxygen atoms in total. The zero-order valence-corrected chi connectivity index (χ0v) is 11.1. The Morgan fingerprint density at radius 3 is 2.71 bits per heavy atom. The van der Waals surface area contributed by atoms with Crippen molar-refractivity contribution in [2.45, 2.75) is 51.7 Å². The van der Waals surface area contributed by atoms with Gasteiger partial charge in [-0.1, -0.05) is 0 Å². The van der Waals surface area contributed by atoms with Gasteiger partial charge in [-0.05, 0) is 45.7 Å². The molecule has 1 N–H and O–H groups in total. The van der Waals surface area contributed by atoms with E-state index in [9.17, 15) is 0 Å². The van der Waals surface area contributed by atoms with E-state index >= 15 is 0 Å². The van der Waals surface area contributed by atoms with Gasteiger partial charge >= 0.3 is 0 Å². The third kappa shape index (κ3) is 3.58. The van der Waals surface area contributed by atoms with E-state index in [1.807, 2.05) is 12.1 Å². The lowest BCUT2D eigenvalue weighted by Gasteiger charge is -2.27. The van der Waals surface area contributed by atoms with Gasteiger partial charge in [0.15, 0.2) is 0 Å². The van der Waals surface area contributed by atoms with Gasteiger partial charge in [0.1, 0.15) is 5.76 Å². The normalized spacial score (nSPS) is 17.9. The lowest BCUT2D eigenvalue weighted by molar-refractivity contribution is 0.208. The molecule has 1 aliphatic carbocycles.